The summed E-state index contributed by atoms with van der Waals surface area (Å²) in [5.74, 6) is -0.129. The van der Waals surface area contributed by atoms with Gasteiger partial charge in [-0.15, -0.1) is 10.2 Å². The number of anilines is 2. The molecule has 0 saturated carbocycles. The number of benzene rings is 1. The maximum Gasteiger partial charge on any atom is 0.231 e. The van der Waals surface area contributed by atoms with Gasteiger partial charge in [0.1, 0.15) is 5.75 Å². The van der Waals surface area contributed by atoms with E-state index >= 15 is 0 Å². The van der Waals surface area contributed by atoms with Crippen molar-refractivity contribution >= 4 is 45.7 Å². The van der Waals surface area contributed by atoms with E-state index < -0.39 is 5.92 Å². The van der Waals surface area contributed by atoms with Crippen LogP contribution in [0.25, 0.3) is 0 Å². The summed E-state index contributed by atoms with van der Waals surface area (Å²) in [6.07, 6.45) is 2.06. The van der Waals surface area contributed by atoms with Gasteiger partial charge in [0.05, 0.1) is 18.7 Å². The molecule has 1 atom stereocenters. The van der Waals surface area contributed by atoms with Crippen LogP contribution in [0.1, 0.15) is 6.42 Å². The molecule has 1 N–H and O–H groups in total. The lowest BCUT2D eigenvalue weighted by Crippen LogP contribution is -2.28. The van der Waals surface area contributed by atoms with Gasteiger partial charge >= 0.3 is 0 Å². The van der Waals surface area contributed by atoms with Crippen LogP contribution in [-0.2, 0) is 9.59 Å². The molecule has 2 amide bonds. The van der Waals surface area contributed by atoms with Gasteiger partial charge in [0.25, 0.3) is 0 Å². The number of rotatable bonds is 5. The number of thioether (sulfide) groups is 1. The molecular formula is C15H16N4O3S2. The molecule has 1 aromatic carbocycles. The first kappa shape index (κ1) is 16.7. The Kier molecular flexibility index (Phi) is 5.00. The lowest BCUT2D eigenvalue weighted by Gasteiger charge is -2.19. The normalized spacial score (nSPS) is 17.2. The lowest BCUT2D eigenvalue weighted by atomic mass is 10.1. The van der Waals surface area contributed by atoms with Gasteiger partial charge in [-0.2, -0.15) is 0 Å². The van der Waals surface area contributed by atoms with E-state index in [2.05, 4.69) is 15.5 Å². The minimum absolute atomic E-state index is 0.0956. The van der Waals surface area contributed by atoms with E-state index in [0.717, 1.165) is 4.34 Å². The quantitative estimate of drug-likeness (QED) is 0.647. The SMILES string of the molecule is COc1ccccc1N1C[C@@H](C(=O)Nc2nnc(SC)s2)CC1=O. The van der Waals surface area contributed by atoms with Crippen molar-refractivity contribution in [1.29, 1.82) is 0 Å². The van der Waals surface area contributed by atoms with Gasteiger partial charge in [0.2, 0.25) is 16.9 Å². The molecule has 0 unspecified atom stereocenters. The number of carbonyl (C=O) groups is 2. The summed E-state index contributed by atoms with van der Waals surface area (Å²) in [7, 11) is 1.56. The fraction of sp³-hybridized carbons (Fsp3) is 0.333. The molecule has 1 aliphatic heterocycles. The average molecular weight is 364 g/mol. The molecule has 24 heavy (non-hydrogen) atoms. The molecule has 1 aliphatic rings. The standard InChI is InChI=1S/C15H16N4O3S2/c1-22-11-6-4-3-5-10(11)19-8-9(7-12(19)20)13(21)16-14-17-18-15(23-2)24-14/h3-6,9H,7-8H2,1-2H3,(H,16,17,21)/t9-/m0/s1. The number of para-hydroxylation sites is 2. The van der Waals surface area contributed by atoms with Crippen LogP contribution in [-0.4, -0.2) is 41.9 Å². The molecule has 1 aromatic heterocycles. The van der Waals surface area contributed by atoms with Gasteiger partial charge in [-0.05, 0) is 18.4 Å². The molecule has 2 aromatic rings. The van der Waals surface area contributed by atoms with Crippen molar-refractivity contribution in [2.75, 3.05) is 30.1 Å². The fourth-order valence-electron chi connectivity index (χ4n) is 2.52. The molecule has 0 radical (unpaired) electrons. The van der Waals surface area contributed by atoms with Gasteiger partial charge in [-0.1, -0.05) is 35.2 Å². The zero-order valence-corrected chi connectivity index (χ0v) is 14.8. The second kappa shape index (κ2) is 7.18. The average Bonchev–Trinajstić information content (AvgIpc) is 3.21. The summed E-state index contributed by atoms with van der Waals surface area (Å²) >= 11 is 2.78. The Morgan fingerprint density at radius 3 is 2.92 bits per heavy atom. The Bertz CT molecular complexity index is 765. The molecule has 7 nitrogen and oxygen atoms in total. The highest BCUT2D eigenvalue weighted by atomic mass is 32.2. The van der Waals surface area contributed by atoms with Crippen molar-refractivity contribution in [2.24, 2.45) is 5.92 Å². The van der Waals surface area contributed by atoms with E-state index in [1.165, 1.54) is 23.1 Å². The fourth-order valence-corrected chi connectivity index (χ4v) is 3.69. The lowest BCUT2D eigenvalue weighted by molar-refractivity contribution is -0.122. The molecule has 1 saturated heterocycles. The molecule has 0 spiro atoms. The summed E-state index contributed by atoms with van der Waals surface area (Å²) in [5, 5.41) is 11.1. The van der Waals surface area contributed by atoms with Gasteiger partial charge in [0, 0.05) is 13.0 Å². The third-order valence-electron chi connectivity index (χ3n) is 3.68. The van der Waals surface area contributed by atoms with Crippen molar-refractivity contribution in [2.45, 2.75) is 10.8 Å². The van der Waals surface area contributed by atoms with E-state index in [0.29, 0.717) is 23.1 Å². The first-order valence-electron chi connectivity index (χ1n) is 7.24. The highest BCUT2D eigenvalue weighted by molar-refractivity contribution is 8.00. The number of carbonyl (C=O) groups excluding carboxylic acids is 2. The van der Waals surface area contributed by atoms with Crippen LogP contribution in [0.15, 0.2) is 28.6 Å². The zero-order valence-electron chi connectivity index (χ0n) is 13.2. The van der Waals surface area contributed by atoms with Crippen LogP contribution in [0.4, 0.5) is 10.8 Å². The highest BCUT2D eigenvalue weighted by Gasteiger charge is 2.36. The number of ether oxygens (including phenoxy) is 1. The van der Waals surface area contributed by atoms with Crippen LogP contribution >= 0.6 is 23.1 Å². The van der Waals surface area contributed by atoms with Crippen molar-refractivity contribution in [3.8, 4) is 5.75 Å². The maximum absolute atomic E-state index is 12.4. The smallest absolute Gasteiger partial charge is 0.231 e. The predicted octanol–water partition coefficient (Wildman–Crippen LogP) is 2.26. The van der Waals surface area contributed by atoms with E-state index in [9.17, 15) is 9.59 Å². The van der Waals surface area contributed by atoms with Gasteiger partial charge in [-0.3, -0.25) is 9.59 Å². The summed E-state index contributed by atoms with van der Waals surface area (Å²) in [4.78, 5) is 26.3. The molecule has 9 heteroatoms. The van der Waals surface area contributed by atoms with E-state index in [-0.39, 0.29) is 18.2 Å². The molecule has 0 aliphatic carbocycles. The van der Waals surface area contributed by atoms with Crippen LogP contribution < -0.4 is 15.0 Å². The Hall–Kier alpha value is -2.13. The number of aromatic nitrogens is 2. The molecule has 3 rings (SSSR count). The third-order valence-corrected chi connectivity index (χ3v) is 5.50. The van der Waals surface area contributed by atoms with Crippen molar-refractivity contribution in [3.63, 3.8) is 0 Å². The van der Waals surface area contributed by atoms with Crippen molar-refractivity contribution < 1.29 is 14.3 Å². The Morgan fingerprint density at radius 2 is 2.21 bits per heavy atom. The molecule has 2 heterocycles. The number of hydrogen-bond donors (Lipinski definition) is 1. The predicted molar refractivity (Wildman–Crippen MR) is 93.8 cm³/mol. The Balaban J connectivity index is 1.71. The van der Waals surface area contributed by atoms with Gasteiger partial charge in [0.15, 0.2) is 4.34 Å². The minimum Gasteiger partial charge on any atom is -0.495 e. The van der Waals surface area contributed by atoms with Crippen molar-refractivity contribution in [1.82, 2.24) is 10.2 Å². The number of methoxy groups -OCH3 is 1. The van der Waals surface area contributed by atoms with Crippen molar-refractivity contribution in [3.05, 3.63) is 24.3 Å². The number of hydrogen-bond acceptors (Lipinski definition) is 7. The van der Waals surface area contributed by atoms with E-state index in [1.807, 2.05) is 24.5 Å². The first-order chi connectivity index (χ1) is 11.6. The number of nitrogens with one attached hydrogen (secondary N) is 1. The minimum atomic E-state index is -0.427. The van der Waals surface area contributed by atoms with Gasteiger partial charge in [-0.25, -0.2) is 0 Å². The Labute approximate surface area is 147 Å². The van der Waals surface area contributed by atoms with E-state index in [4.69, 9.17) is 4.74 Å². The largest absolute Gasteiger partial charge is 0.495 e. The molecule has 0 bridgehead atoms. The van der Waals surface area contributed by atoms with Crippen LogP contribution in [0.2, 0.25) is 0 Å². The van der Waals surface area contributed by atoms with Crippen LogP contribution in [0, 0.1) is 5.92 Å². The monoisotopic (exact) mass is 364 g/mol. The first-order valence-corrected chi connectivity index (χ1v) is 9.28. The van der Waals surface area contributed by atoms with Gasteiger partial charge < -0.3 is 15.0 Å². The van der Waals surface area contributed by atoms with Crippen LogP contribution in [0.3, 0.4) is 0 Å². The third kappa shape index (κ3) is 3.36. The molecule has 1 fully saturated rings. The zero-order chi connectivity index (χ0) is 17.1. The van der Waals surface area contributed by atoms with Crippen LogP contribution in [0.5, 0.6) is 5.75 Å². The summed E-state index contributed by atoms with van der Waals surface area (Å²) in [6.45, 7) is 0.319. The highest BCUT2D eigenvalue weighted by Crippen LogP contribution is 2.33. The second-order valence-electron chi connectivity index (χ2n) is 5.14. The number of nitrogens with zero attached hydrogens (tertiary/aromatic N) is 3. The topological polar surface area (TPSA) is 84.4 Å². The molecule has 126 valence electrons. The Morgan fingerprint density at radius 1 is 1.42 bits per heavy atom. The molecular weight excluding hydrogens is 348 g/mol. The second-order valence-corrected chi connectivity index (χ2v) is 7.17. The maximum atomic E-state index is 12.4. The summed E-state index contributed by atoms with van der Waals surface area (Å²) < 4.78 is 6.08. The number of amides is 2. The van der Waals surface area contributed by atoms with E-state index in [1.54, 1.807) is 18.1 Å². The summed E-state index contributed by atoms with van der Waals surface area (Å²) in [6, 6.07) is 7.28. The summed E-state index contributed by atoms with van der Waals surface area (Å²) in [5.41, 5.74) is 0.681.